The van der Waals surface area contributed by atoms with Crippen LogP contribution in [0.4, 0.5) is 0 Å². The van der Waals surface area contributed by atoms with E-state index in [1.165, 1.54) is 15.9 Å². The van der Waals surface area contributed by atoms with E-state index < -0.39 is 0 Å². The molecule has 0 atom stereocenters. The smallest absolute Gasteiger partial charge is 1.00 e. The van der Waals surface area contributed by atoms with Crippen molar-refractivity contribution in [2.45, 2.75) is 0 Å². The van der Waals surface area contributed by atoms with Gasteiger partial charge in [-0.25, -0.2) is 0 Å². The maximum Gasteiger partial charge on any atom is 1.00 e. The van der Waals surface area contributed by atoms with Crippen LogP contribution in [0.2, 0.25) is 0 Å². The second kappa shape index (κ2) is 19.8. The first-order valence-electron chi connectivity index (χ1n) is 0.167. The minimum atomic E-state index is 0. The summed E-state index contributed by atoms with van der Waals surface area (Å²) in [6.45, 7) is 0. The van der Waals surface area contributed by atoms with Gasteiger partial charge in [0.1, 0.15) is 0 Å². The Balaban J connectivity index is -0.00000000167. The van der Waals surface area contributed by atoms with E-state index in [4.69, 9.17) is 3.83 Å². The number of rotatable bonds is 0. The Kier molecular flexibility index (Phi) is 82.2. The summed E-state index contributed by atoms with van der Waals surface area (Å²) < 4.78 is 8.12. The molecular formula is HNaOSeTi. The van der Waals surface area contributed by atoms with Gasteiger partial charge < -0.3 is 1.43 Å². The summed E-state index contributed by atoms with van der Waals surface area (Å²) in [7, 11) is 0. The maximum atomic E-state index is 8.12. The van der Waals surface area contributed by atoms with E-state index in [0.29, 0.717) is 0 Å². The van der Waals surface area contributed by atoms with Crippen LogP contribution in [-0.2, 0) is 25.6 Å². The standard InChI is InChI=1S/Na.OSe.Ti.H/c;1-2;;/q+1;;;-1. The Hall–Kier alpha value is 2.03. The molecule has 0 aliphatic heterocycles. The summed E-state index contributed by atoms with van der Waals surface area (Å²) >= 11 is 1.38. The van der Waals surface area contributed by atoms with E-state index >= 15 is 0 Å². The number of hydrogen-bond acceptors (Lipinski definition) is 1. The molecule has 0 aliphatic carbocycles. The zero-order valence-corrected chi connectivity index (χ0v) is 7.59. The Labute approximate surface area is 71.6 Å². The first kappa shape index (κ1) is 16.6. The molecule has 0 aromatic rings. The Morgan fingerprint density at radius 2 is 1.50 bits per heavy atom. The molecule has 0 N–H and O–H groups in total. The normalized spacial score (nSPS) is 1.00. The van der Waals surface area contributed by atoms with Crippen LogP contribution in [0.5, 0.6) is 0 Å². The summed E-state index contributed by atoms with van der Waals surface area (Å²) in [4.78, 5) is 0. The molecule has 0 radical (unpaired) electrons. The van der Waals surface area contributed by atoms with Crippen molar-refractivity contribution in [1.29, 1.82) is 0 Å². The second-order valence-corrected chi connectivity index (χ2v) is 0. The quantitative estimate of drug-likeness (QED) is 0.344. The van der Waals surface area contributed by atoms with E-state index in [0.717, 1.165) is 0 Å². The van der Waals surface area contributed by atoms with E-state index in [1.807, 2.05) is 0 Å². The maximum absolute atomic E-state index is 8.12. The van der Waals surface area contributed by atoms with Crippen LogP contribution < -0.4 is 29.6 Å². The zero-order valence-electron chi connectivity index (χ0n) is 3.32. The van der Waals surface area contributed by atoms with Gasteiger partial charge in [0.2, 0.25) is 0 Å². The van der Waals surface area contributed by atoms with Crippen LogP contribution >= 0.6 is 0 Å². The molecule has 0 saturated carbocycles. The molecule has 0 amide bonds. The van der Waals surface area contributed by atoms with Gasteiger partial charge in [-0.05, 0) is 0 Å². The van der Waals surface area contributed by atoms with Crippen LogP contribution in [0.25, 0.3) is 0 Å². The predicted octanol–water partition coefficient (Wildman–Crippen LogP) is -3.39. The monoisotopic (exact) mass is 168 g/mol. The van der Waals surface area contributed by atoms with Crippen LogP contribution in [0.3, 0.4) is 0 Å². The number of hydrogen-bond donors (Lipinski definition) is 0. The molecule has 0 unspecified atom stereocenters. The fourth-order valence-electron chi connectivity index (χ4n) is 0. The minimum absolute atomic E-state index is 0. The topological polar surface area (TPSA) is 17.1 Å². The molecule has 0 spiro atoms. The summed E-state index contributed by atoms with van der Waals surface area (Å²) in [6, 6.07) is 0. The third-order valence-electron chi connectivity index (χ3n) is 0. The van der Waals surface area contributed by atoms with Crippen LogP contribution in [-0.4, -0.2) is 15.9 Å². The zero-order chi connectivity index (χ0) is 2.00. The van der Waals surface area contributed by atoms with Crippen LogP contribution in [0.15, 0.2) is 0 Å². The first-order valence-corrected chi connectivity index (χ1v) is 0.866. The average Bonchev–Trinajstić information content (AvgIpc) is 1.00. The molecule has 0 rings (SSSR count). The Morgan fingerprint density at radius 3 is 1.50 bits per heavy atom. The molecule has 0 aromatic carbocycles. The van der Waals surface area contributed by atoms with Crippen molar-refractivity contribution in [2.24, 2.45) is 0 Å². The minimum Gasteiger partial charge on any atom is -1.00 e. The Morgan fingerprint density at radius 1 is 1.50 bits per heavy atom. The van der Waals surface area contributed by atoms with Gasteiger partial charge in [-0.15, -0.1) is 0 Å². The van der Waals surface area contributed by atoms with Crippen molar-refractivity contribution in [1.82, 2.24) is 0 Å². The molecule has 4 heavy (non-hydrogen) atoms. The molecule has 0 fully saturated rings. The van der Waals surface area contributed by atoms with Gasteiger partial charge in [-0.1, -0.05) is 0 Å². The fraction of sp³-hybridized carbons (Fsp3) is 0. The Bertz CT molecular complexity index is 11.6. The van der Waals surface area contributed by atoms with Crippen molar-refractivity contribution >= 4 is 15.9 Å². The second-order valence-electron chi connectivity index (χ2n) is 0. The van der Waals surface area contributed by atoms with Gasteiger partial charge in [0, 0.05) is 21.7 Å². The predicted molar refractivity (Wildman–Crippen MR) is 7.55 cm³/mol. The molecule has 4 heteroatoms. The molecule has 0 bridgehead atoms. The molecule has 0 saturated heterocycles. The summed E-state index contributed by atoms with van der Waals surface area (Å²) in [5, 5.41) is 0. The summed E-state index contributed by atoms with van der Waals surface area (Å²) in [6.07, 6.45) is 0. The van der Waals surface area contributed by atoms with Gasteiger partial charge in [0.05, 0.1) is 0 Å². The van der Waals surface area contributed by atoms with E-state index in [-0.39, 0.29) is 52.7 Å². The third-order valence-corrected chi connectivity index (χ3v) is 0. The molecule has 0 aromatic heterocycles. The molecule has 0 heterocycles. The molecule has 1 nitrogen and oxygen atoms in total. The van der Waals surface area contributed by atoms with Gasteiger partial charge in [-0.2, -0.15) is 0 Å². The molecule has 18 valence electrons. The van der Waals surface area contributed by atoms with Crippen molar-refractivity contribution in [3.8, 4) is 0 Å². The van der Waals surface area contributed by atoms with Gasteiger partial charge in [0.15, 0.2) is 0 Å². The van der Waals surface area contributed by atoms with Crippen LogP contribution in [0, 0.1) is 0 Å². The van der Waals surface area contributed by atoms with Crippen molar-refractivity contribution in [3.63, 3.8) is 0 Å². The van der Waals surface area contributed by atoms with Gasteiger partial charge in [-0.3, -0.25) is 0 Å². The van der Waals surface area contributed by atoms with Crippen molar-refractivity contribution < 1.29 is 56.5 Å². The molecule has 0 aliphatic rings. The van der Waals surface area contributed by atoms with E-state index in [9.17, 15) is 0 Å². The van der Waals surface area contributed by atoms with Crippen molar-refractivity contribution in [3.05, 3.63) is 0 Å². The van der Waals surface area contributed by atoms with E-state index in [1.54, 1.807) is 0 Å². The third kappa shape index (κ3) is 8.98. The van der Waals surface area contributed by atoms with Crippen molar-refractivity contribution in [2.75, 3.05) is 0 Å². The summed E-state index contributed by atoms with van der Waals surface area (Å²) in [5.41, 5.74) is 0. The molecular weight excluding hydrogens is 166 g/mol. The van der Waals surface area contributed by atoms with E-state index in [2.05, 4.69) is 0 Å². The van der Waals surface area contributed by atoms with Gasteiger partial charge >= 0.3 is 49.3 Å². The summed E-state index contributed by atoms with van der Waals surface area (Å²) in [5.74, 6) is 0. The SMILES string of the molecule is O=[Se].[H-].[Na+].[Ti]. The average molecular weight is 167 g/mol. The first-order chi connectivity index (χ1) is 1.00. The van der Waals surface area contributed by atoms with Crippen LogP contribution in [0.1, 0.15) is 1.43 Å². The fourth-order valence-corrected chi connectivity index (χ4v) is 0. The van der Waals surface area contributed by atoms with Gasteiger partial charge in [0.25, 0.3) is 0 Å². The largest absolute Gasteiger partial charge is 1.00 e.